The first-order valence-electron chi connectivity index (χ1n) is 6.99. The molecule has 1 saturated carbocycles. The summed E-state index contributed by atoms with van der Waals surface area (Å²) in [4.78, 5) is 4.49. The average Bonchev–Trinajstić information content (AvgIpc) is 3.07. The van der Waals surface area contributed by atoms with Crippen LogP contribution in [0.15, 0.2) is 29.3 Å². The fraction of sp³-hybridized carbons (Fsp3) is 0.533. The molecule has 112 valence electrons. The third kappa shape index (κ3) is 5.26. The molecule has 0 radical (unpaired) electrons. The Morgan fingerprint density at radius 2 is 2.10 bits per heavy atom. The Morgan fingerprint density at radius 3 is 2.70 bits per heavy atom. The first-order valence-corrected chi connectivity index (χ1v) is 6.99. The Balaban J connectivity index is 0.00000200. The van der Waals surface area contributed by atoms with E-state index in [1.54, 1.807) is 6.07 Å². The van der Waals surface area contributed by atoms with Gasteiger partial charge < -0.3 is 10.6 Å². The van der Waals surface area contributed by atoms with E-state index in [1.807, 2.05) is 19.1 Å². The lowest BCUT2D eigenvalue weighted by molar-refractivity contribution is 0.609. The van der Waals surface area contributed by atoms with E-state index in [9.17, 15) is 4.39 Å². The Morgan fingerprint density at radius 1 is 1.40 bits per heavy atom. The van der Waals surface area contributed by atoms with Gasteiger partial charge in [-0.25, -0.2) is 4.39 Å². The SMILES string of the molecule is CCNC(=NCCc1ccccc1F)NC1CC1C.I. The van der Waals surface area contributed by atoms with Crippen LogP contribution >= 0.6 is 24.0 Å². The van der Waals surface area contributed by atoms with E-state index in [2.05, 4.69) is 22.5 Å². The molecule has 0 spiro atoms. The number of benzene rings is 1. The van der Waals surface area contributed by atoms with Gasteiger partial charge in [-0.1, -0.05) is 25.1 Å². The van der Waals surface area contributed by atoms with E-state index in [1.165, 1.54) is 12.5 Å². The lowest BCUT2D eigenvalue weighted by Gasteiger charge is -2.10. The Hall–Kier alpha value is -0.850. The van der Waals surface area contributed by atoms with Crippen molar-refractivity contribution in [1.29, 1.82) is 0 Å². The summed E-state index contributed by atoms with van der Waals surface area (Å²) in [5.74, 6) is 1.43. The molecule has 0 amide bonds. The fourth-order valence-electron chi connectivity index (χ4n) is 2.01. The molecule has 5 heteroatoms. The van der Waals surface area contributed by atoms with Crippen LogP contribution in [0.25, 0.3) is 0 Å². The lowest BCUT2D eigenvalue weighted by Crippen LogP contribution is -2.39. The summed E-state index contributed by atoms with van der Waals surface area (Å²) in [7, 11) is 0. The highest BCUT2D eigenvalue weighted by atomic mass is 127. The highest BCUT2D eigenvalue weighted by Gasteiger charge is 2.33. The zero-order chi connectivity index (χ0) is 13.7. The Bertz CT molecular complexity index is 450. The first kappa shape index (κ1) is 17.2. The zero-order valence-electron chi connectivity index (χ0n) is 12.0. The Labute approximate surface area is 137 Å². The molecule has 1 aromatic rings. The predicted octanol–water partition coefficient (Wildman–Crippen LogP) is 2.95. The third-order valence-corrected chi connectivity index (χ3v) is 3.38. The van der Waals surface area contributed by atoms with Crippen molar-refractivity contribution in [3.63, 3.8) is 0 Å². The number of hydrogen-bond acceptors (Lipinski definition) is 1. The van der Waals surface area contributed by atoms with Gasteiger partial charge in [0.05, 0.1) is 0 Å². The van der Waals surface area contributed by atoms with Crippen molar-refractivity contribution in [2.24, 2.45) is 10.9 Å². The molecular formula is C15H23FIN3. The largest absolute Gasteiger partial charge is 0.357 e. The van der Waals surface area contributed by atoms with Crippen molar-refractivity contribution < 1.29 is 4.39 Å². The number of nitrogens with one attached hydrogen (secondary N) is 2. The van der Waals surface area contributed by atoms with Gasteiger partial charge in [0.25, 0.3) is 0 Å². The van der Waals surface area contributed by atoms with Gasteiger partial charge in [-0.3, -0.25) is 4.99 Å². The number of halogens is 2. The maximum atomic E-state index is 13.5. The van der Waals surface area contributed by atoms with Crippen LogP contribution in [0, 0.1) is 11.7 Å². The molecule has 3 nitrogen and oxygen atoms in total. The minimum absolute atomic E-state index is 0. The second-order valence-electron chi connectivity index (χ2n) is 5.07. The van der Waals surface area contributed by atoms with Crippen LogP contribution in [-0.2, 0) is 6.42 Å². The van der Waals surface area contributed by atoms with E-state index in [0.29, 0.717) is 19.0 Å². The molecule has 1 fully saturated rings. The molecular weight excluding hydrogens is 368 g/mol. The van der Waals surface area contributed by atoms with Crippen molar-refractivity contribution in [3.05, 3.63) is 35.6 Å². The second-order valence-corrected chi connectivity index (χ2v) is 5.07. The lowest BCUT2D eigenvalue weighted by atomic mass is 10.1. The summed E-state index contributed by atoms with van der Waals surface area (Å²) in [6, 6.07) is 7.42. The first-order chi connectivity index (χ1) is 9.20. The number of nitrogens with zero attached hydrogens (tertiary/aromatic N) is 1. The highest BCUT2D eigenvalue weighted by molar-refractivity contribution is 14.0. The second kappa shape index (κ2) is 8.44. The molecule has 0 saturated heterocycles. The molecule has 2 atom stereocenters. The topological polar surface area (TPSA) is 36.4 Å². The molecule has 2 rings (SSSR count). The van der Waals surface area contributed by atoms with Gasteiger partial charge in [-0.2, -0.15) is 0 Å². The monoisotopic (exact) mass is 391 g/mol. The molecule has 0 bridgehead atoms. The maximum Gasteiger partial charge on any atom is 0.191 e. The molecule has 20 heavy (non-hydrogen) atoms. The number of aliphatic imine (C=N–C) groups is 1. The number of rotatable bonds is 5. The van der Waals surface area contributed by atoms with Gasteiger partial charge in [0, 0.05) is 19.1 Å². The van der Waals surface area contributed by atoms with Gasteiger partial charge in [-0.05, 0) is 37.3 Å². The van der Waals surface area contributed by atoms with E-state index in [0.717, 1.165) is 24.0 Å². The maximum absolute atomic E-state index is 13.5. The smallest absolute Gasteiger partial charge is 0.191 e. The standard InChI is InChI=1S/C15H22FN3.HI/c1-3-17-15(19-14-10-11(14)2)18-9-8-12-6-4-5-7-13(12)16;/h4-7,11,14H,3,8-10H2,1-2H3,(H2,17,18,19);1H. The summed E-state index contributed by atoms with van der Waals surface area (Å²) in [5.41, 5.74) is 0.724. The minimum atomic E-state index is -0.147. The molecule has 0 aliphatic heterocycles. The van der Waals surface area contributed by atoms with Crippen LogP contribution < -0.4 is 10.6 Å². The molecule has 1 aromatic carbocycles. The average molecular weight is 391 g/mol. The zero-order valence-corrected chi connectivity index (χ0v) is 14.4. The van der Waals surface area contributed by atoms with Crippen molar-refractivity contribution in [2.45, 2.75) is 32.7 Å². The minimum Gasteiger partial charge on any atom is -0.357 e. The van der Waals surface area contributed by atoms with Gasteiger partial charge in [-0.15, -0.1) is 24.0 Å². The number of guanidine groups is 1. The fourth-order valence-corrected chi connectivity index (χ4v) is 2.01. The van der Waals surface area contributed by atoms with Crippen LogP contribution in [-0.4, -0.2) is 25.1 Å². The summed E-state index contributed by atoms with van der Waals surface area (Å²) in [6.45, 7) is 5.70. The van der Waals surface area contributed by atoms with Crippen molar-refractivity contribution >= 4 is 29.9 Å². The summed E-state index contributed by atoms with van der Waals surface area (Å²) < 4.78 is 13.5. The van der Waals surface area contributed by atoms with Crippen LogP contribution in [0.5, 0.6) is 0 Å². The van der Waals surface area contributed by atoms with E-state index < -0.39 is 0 Å². The normalized spacial score (nSPS) is 21.1. The third-order valence-electron chi connectivity index (χ3n) is 3.38. The summed E-state index contributed by atoms with van der Waals surface area (Å²) in [5, 5.41) is 6.61. The summed E-state index contributed by atoms with van der Waals surface area (Å²) in [6.07, 6.45) is 1.83. The molecule has 0 aromatic heterocycles. The molecule has 0 heterocycles. The van der Waals surface area contributed by atoms with Crippen LogP contribution in [0.1, 0.15) is 25.8 Å². The highest BCUT2D eigenvalue weighted by Crippen LogP contribution is 2.28. The van der Waals surface area contributed by atoms with Gasteiger partial charge >= 0.3 is 0 Å². The predicted molar refractivity (Wildman–Crippen MR) is 92.2 cm³/mol. The van der Waals surface area contributed by atoms with Crippen LogP contribution in [0.2, 0.25) is 0 Å². The van der Waals surface area contributed by atoms with Crippen molar-refractivity contribution in [1.82, 2.24) is 10.6 Å². The molecule has 1 aliphatic rings. The molecule has 1 aliphatic carbocycles. The van der Waals surface area contributed by atoms with Crippen LogP contribution in [0.4, 0.5) is 4.39 Å². The van der Waals surface area contributed by atoms with E-state index in [-0.39, 0.29) is 29.8 Å². The van der Waals surface area contributed by atoms with Crippen molar-refractivity contribution in [2.75, 3.05) is 13.1 Å². The van der Waals surface area contributed by atoms with Crippen molar-refractivity contribution in [3.8, 4) is 0 Å². The van der Waals surface area contributed by atoms with E-state index >= 15 is 0 Å². The van der Waals surface area contributed by atoms with Crippen LogP contribution in [0.3, 0.4) is 0 Å². The summed E-state index contributed by atoms with van der Waals surface area (Å²) >= 11 is 0. The molecule has 2 N–H and O–H groups in total. The van der Waals surface area contributed by atoms with Gasteiger partial charge in [0.2, 0.25) is 0 Å². The quantitative estimate of drug-likeness (QED) is 0.460. The molecule has 2 unspecified atom stereocenters. The van der Waals surface area contributed by atoms with E-state index in [4.69, 9.17) is 0 Å². The number of hydrogen-bond donors (Lipinski definition) is 2. The van der Waals surface area contributed by atoms with Gasteiger partial charge in [0.1, 0.15) is 5.82 Å². The van der Waals surface area contributed by atoms with Gasteiger partial charge in [0.15, 0.2) is 5.96 Å². The Kier molecular flexibility index (Phi) is 7.26.